The molecule has 1 amide bonds. The molecule has 0 radical (unpaired) electrons. The Bertz CT molecular complexity index is 870. The highest BCUT2D eigenvalue weighted by molar-refractivity contribution is 5.93. The fraction of sp³-hybridized carbons (Fsp3) is 0.316. The zero-order valence-corrected chi connectivity index (χ0v) is 15.0. The number of benzene rings is 1. The Kier molecular flexibility index (Phi) is 5.36. The van der Waals surface area contributed by atoms with E-state index in [9.17, 15) is 4.79 Å². The van der Waals surface area contributed by atoms with Gasteiger partial charge in [-0.2, -0.15) is 4.98 Å². The molecule has 136 valence electrons. The monoisotopic (exact) mass is 355 g/mol. The van der Waals surface area contributed by atoms with Crippen LogP contribution >= 0.6 is 0 Å². The lowest BCUT2D eigenvalue weighted by Gasteiger charge is -2.11. The van der Waals surface area contributed by atoms with E-state index in [4.69, 9.17) is 13.7 Å². The molecule has 1 aromatic carbocycles. The first-order chi connectivity index (χ1) is 12.6. The van der Waals surface area contributed by atoms with Crippen LogP contribution in [0.4, 0.5) is 0 Å². The molecule has 1 atom stereocenters. The maximum Gasteiger partial charge on any atom is 0.287 e. The van der Waals surface area contributed by atoms with Gasteiger partial charge in [-0.1, -0.05) is 30.3 Å². The van der Waals surface area contributed by atoms with Gasteiger partial charge in [-0.25, -0.2) is 0 Å². The summed E-state index contributed by atoms with van der Waals surface area (Å²) in [4.78, 5) is 16.7. The van der Waals surface area contributed by atoms with Crippen molar-refractivity contribution in [3.63, 3.8) is 0 Å². The van der Waals surface area contributed by atoms with E-state index < -0.39 is 0 Å². The van der Waals surface area contributed by atoms with Gasteiger partial charge in [-0.15, -0.1) is 0 Å². The van der Waals surface area contributed by atoms with Crippen molar-refractivity contribution < 1.29 is 18.5 Å². The minimum atomic E-state index is -0.364. The van der Waals surface area contributed by atoms with Crippen LogP contribution in [0, 0.1) is 13.8 Å². The van der Waals surface area contributed by atoms with Crippen molar-refractivity contribution in [2.75, 3.05) is 0 Å². The highest BCUT2D eigenvalue weighted by Gasteiger charge is 2.23. The summed E-state index contributed by atoms with van der Waals surface area (Å²) in [5.74, 6) is 2.17. The van der Waals surface area contributed by atoms with Gasteiger partial charge >= 0.3 is 0 Å². The number of amides is 1. The number of aryl methyl sites for hydroxylation is 2. The molecule has 3 rings (SSSR count). The maximum absolute atomic E-state index is 12.6. The van der Waals surface area contributed by atoms with Crippen LogP contribution in [0.15, 0.2) is 45.3 Å². The summed E-state index contributed by atoms with van der Waals surface area (Å²) in [6.07, 6.45) is 0.622. The van der Waals surface area contributed by atoms with Gasteiger partial charge in [-0.3, -0.25) is 4.79 Å². The van der Waals surface area contributed by atoms with Crippen molar-refractivity contribution >= 4 is 5.91 Å². The molecule has 2 heterocycles. The third-order valence-corrected chi connectivity index (χ3v) is 3.85. The van der Waals surface area contributed by atoms with E-state index in [1.54, 1.807) is 13.0 Å². The van der Waals surface area contributed by atoms with Crippen LogP contribution in [0.3, 0.4) is 0 Å². The zero-order valence-electron chi connectivity index (χ0n) is 15.0. The van der Waals surface area contributed by atoms with E-state index in [2.05, 4.69) is 15.5 Å². The Hall–Kier alpha value is -3.09. The van der Waals surface area contributed by atoms with Crippen LogP contribution in [0.2, 0.25) is 0 Å². The number of nitrogens with one attached hydrogen (secondary N) is 1. The number of hydrogen-bond donors (Lipinski definition) is 1. The smallest absolute Gasteiger partial charge is 0.287 e. The lowest BCUT2D eigenvalue weighted by Crippen LogP contribution is -2.28. The Morgan fingerprint density at radius 2 is 2.04 bits per heavy atom. The molecule has 0 bridgehead atoms. The van der Waals surface area contributed by atoms with Gasteiger partial charge in [-0.05, 0) is 38.5 Å². The van der Waals surface area contributed by atoms with Gasteiger partial charge in [0.25, 0.3) is 5.91 Å². The highest BCUT2D eigenvalue weighted by Crippen LogP contribution is 2.20. The third kappa shape index (κ3) is 4.11. The first kappa shape index (κ1) is 17.7. The number of carbonyl (C=O) groups excluding carboxylic acids is 1. The van der Waals surface area contributed by atoms with Crippen molar-refractivity contribution in [3.8, 4) is 5.75 Å². The van der Waals surface area contributed by atoms with Crippen molar-refractivity contribution in [2.45, 2.75) is 39.8 Å². The van der Waals surface area contributed by atoms with E-state index in [0.717, 1.165) is 11.3 Å². The van der Waals surface area contributed by atoms with Crippen molar-refractivity contribution in [3.05, 3.63) is 65.2 Å². The molecule has 7 nitrogen and oxygen atoms in total. The molecule has 7 heteroatoms. The molecule has 0 unspecified atom stereocenters. The summed E-state index contributed by atoms with van der Waals surface area (Å²) in [6, 6.07) is 10.9. The first-order valence-corrected chi connectivity index (χ1v) is 8.45. The van der Waals surface area contributed by atoms with Crippen LogP contribution in [0.1, 0.15) is 53.0 Å². The van der Waals surface area contributed by atoms with E-state index >= 15 is 0 Å². The van der Waals surface area contributed by atoms with Gasteiger partial charge in [0.15, 0.2) is 11.6 Å². The molecule has 0 saturated heterocycles. The SMILES string of the molecule is CC[C@@H](NC(=O)c1oc(COc2ccccc2)cc1C)c1nc(C)no1. The molecule has 0 aliphatic carbocycles. The summed E-state index contributed by atoms with van der Waals surface area (Å²) in [7, 11) is 0. The standard InChI is InChI=1S/C19H21N3O4/c1-4-16(19-20-13(3)22-26-19)21-18(23)17-12(2)10-15(25-17)11-24-14-8-6-5-7-9-14/h5-10,16H,4,11H2,1-3H3,(H,21,23)/t16-/m1/s1. The second-order valence-electron chi connectivity index (χ2n) is 5.94. The average molecular weight is 355 g/mol. The second-order valence-corrected chi connectivity index (χ2v) is 5.94. The van der Waals surface area contributed by atoms with E-state index in [1.165, 1.54) is 0 Å². The molecular formula is C19H21N3O4. The van der Waals surface area contributed by atoms with Gasteiger partial charge in [0.2, 0.25) is 5.89 Å². The minimum Gasteiger partial charge on any atom is -0.486 e. The summed E-state index contributed by atoms with van der Waals surface area (Å²) in [5, 5.41) is 6.63. The fourth-order valence-electron chi connectivity index (χ4n) is 2.53. The average Bonchev–Trinajstić information content (AvgIpc) is 3.24. The van der Waals surface area contributed by atoms with Crippen molar-refractivity contribution in [1.29, 1.82) is 0 Å². The predicted octanol–water partition coefficient (Wildman–Crippen LogP) is 3.74. The molecule has 0 fully saturated rings. The quantitative estimate of drug-likeness (QED) is 0.694. The Labute approximate surface area is 151 Å². The predicted molar refractivity (Wildman–Crippen MR) is 93.8 cm³/mol. The molecule has 0 spiro atoms. The van der Waals surface area contributed by atoms with E-state index in [0.29, 0.717) is 23.9 Å². The van der Waals surface area contributed by atoms with Crippen LogP contribution in [-0.4, -0.2) is 16.0 Å². The second kappa shape index (κ2) is 7.86. The lowest BCUT2D eigenvalue weighted by atomic mass is 10.2. The Morgan fingerprint density at radius 1 is 1.27 bits per heavy atom. The number of nitrogens with zero attached hydrogens (tertiary/aromatic N) is 2. The number of furan rings is 1. The van der Waals surface area contributed by atoms with Gasteiger partial charge in [0.1, 0.15) is 24.2 Å². The van der Waals surface area contributed by atoms with Gasteiger partial charge < -0.3 is 19.0 Å². The van der Waals surface area contributed by atoms with Crippen molar-refractivity contribution in [1.82, 2.24) is 15.5 Å². The highest BCUT2D eigenvalue weighted by atomic mass is 16.5. The molecule has 3 aromatic rings. The van der Waals surface area contributed by atoms with E-state index in [1.807, 2.05) is 44.2 Å². The maximum atomic E-state index is 12.6. The van der Waals surface area contributed by atoms with Crippen LogP contribution in [0.5, 0.6) is 5.75 Å². The lowest BCUT2D eigenvalue weighted by molar-refractivity contribution is 0.0894. The molecule has 0 aliphatic heterocycles. The van der Waals surface area contributed by atoms with Gasteiger partial charge in [0.05, 0.1) is 0 Å². The fourth-order valence-corrected chi connectivity index (χ4v) is 2.53. The van der Waals surface area contributed by atoms with Crippen LogP contribution in [-0.2, 0) is 6.61 Å². The summed E-state index contributed by atoms with van der Waals surface area (Å²) in [6.45, 7) is 5.73. The molecule has 0 aliphatic rings. The van der Waals surface area contributed by atoms with Crippen LogP contribution < -0.4 is 10.1 Å². The first-order valence-electron chi connectivity index (χ1n) is 8.45. The molecular weight excluding hydrogens is 334 g/mol. The van der Waals surface area contributed by atoms with Crippen molar-refractivity contribution in [2.24, 2.45) is 0 Å². The largest absolute Gasteiger partial charge is 0.486 e. The summed E-state index contributed by atoms with van der Waals surface area (Å²) >= 11 is 0. The Morgan fingerprint density at radius 3 is 2.69 bits per heavy atom. The number of rotatable bonds is 7. The topological polar surface area (TPSA) is 90.4 Å². The number of hydrogen-bond acceptors (Lipinski definition) is 6. The zero-order chi connectivity index (χ0) is 18.5. The number of carbonyl (C=O) groups is 1. The molecule has 1 N–H and O–H groups in total. The summed E-state index contributed by atoms with van der Waals surface area (Å²) in [5.41, 5.74) is 0.741. The Balaban J connectivity index is 1.66. The van der Waals surface area contributed by atoms with E-state index in [-0.39, 0.29) is 24.3 Å². The normalized spacial score (nSPS) is 12.0. The van der Waals surface area contributed by atoms with Crippen LogP contribution in [0.25, 0.3) is 0 Å². The molecule has 26 heavy (non-hydrogen) atoms. The summed E-state index contributed by atoms with van der Waals surface area (Å²) < 4.78 is 16.5. The minimum absolute atomic E-state index is 0.248. The van der Waals surface area contributed by atoms with Gasteiger partial charge in [0, 0.05) is 5.56 Å². The third-order valence-electron chi connectivity index (χ3n) is 3.85. The molecule has 2 aromatic heterocycles. The number of para-hydroxylation sites is 1. The number of ether oxygens (including phenoxy) is 1. The molecule has 0 saturated carbocycles. The number of aromatic nitrogens is 2.